The highest BCUT2D eigenvalue weighted by molar-refractivity contribution is 5.90. The van der Waals surface area contributed by atoms with E-state index in [1.54, 1.807) is 13.2 Å². The Morgan fingerprint density at radius 2 is 2.06 bits per heavy atom. The summed E-state index contributed by atoms with van der Waals surface area (Å²) in [6, 6.07) is 7.83. The first-order chi connectivity index (χ1) is 7.67. The van der Waals surface area contributed by atoms with Crippen molar-refractivity contribution < 1.29 is 4.74 Å². The lowest BCUT2D eigenvalue weighted by Gasteiger charge is -2.08. The van der Waals surface area contributed by atoms with Gasteiger partial charge in [-0.3, -0.25) is 4.98 Å². The fourth-order valence-electron chi connectivity index (χ4n) is 1.95. The molecule has 80 valence electrons. The van der Waals surface area contributed by atoms with Crippen LogP contribution in [0.3, 0.4) is 0 Å². The maximum Gasteiger partial charge on any atom is 0.137 e. The Morgan fingerprint density at radius 1 is 1.31 bits per heavy atom. The molecule has 2 aromatic rings. The number of nitriles is 1. The zero-order valence-corrected chi connectivity index (χ0v) is 9.53. The maximum atomic E-state index is 9.18. The number of rotatable bonds is 1. The number of pyridine rings is 1. The van der Waals surface area contributed by atoms with Gasteiger partial charge in [0.05, 0.1) is 12.6 Å². The predicted octanol–water partition coefficient (Wildman–Crippen LogP) is 2.73. The number of hydrogen-bond acceptors (Lipinski definition) is 3. The summed E-state index contributed by atoms with van der Waals surface area (Å²) in [5.74, 6) is 0.601. The van der Waals surface area contributed by atoms with E-state index in [1.165, 1.54) is 0 Å². The van der Waals surface area contributed by atoms with Gasteiger partial charge in [-0.2, -0.15) is 5.26 Å². The van der Waals surface area contributed by atoms with E-state index in [1.807, 2.05) is 26.0 Å². The summed E-state index contributed by atoms with van der Waals surface area (Å²) in [5.41, 5.74) is 3.41. The van der Waals surface area contributed by atoms with E-state index >= 15 is 0 Å². The van der Waals surface area contributed by atoms with Crippen LogP contribution in [0, 0.1) is 25.2 Å². The molecule has 1 heterocycles. The molecular weight excluding hydrogens is 200 g/mol. The minimum absolute atomic E-state index is 0.560. The zero-order chi connectivity index (χ0) is 11.7. The number of fused-ring (bicyclic) bond motifs is 1. The van der Waals surface area contributed by atoms with Gasteiger partial charge in [-0.15, -0.1) is 0 Å². The van der Waals surface area contributed by atoms with E-state index < -0.39 is 0 Å². The first kappa shape index (κ1) is 10.4. The Kier molecular flexibility index (Phi) is 2.49. The number of aromatic nitrogens is 1. The predicted molar refractivity (Wildman–Crippen MR) is 62.5 cm³/mol. The lowest BCUT2D eigenvalue weighted by Crippen LogP contribution is -1.94. The Morgan fingerprint density at radius 3 is 2.69 bits per heavy atom. The van der Waals surface area contributed by atoms with Crippen molar-refractivity contribution in [1.29, 1.82) is 5.26 Å². The lowest BCUT2D eigenvalue weighted by atomic mass is 10.0. The molecular formula is C13H12N2O. The Bertz CT molecular complexity index is 597. The Labute approximate surface area is 94.3 Å². The fraction of sp³-hybridized carbons (Fsp3) is 0.231. The molecule has 3 nitrogen and oxygen atoms in total. The molecule has 0 unspecified atom stereocenters. The van der Waals surface area contributed by atoms with Crippen LogP contribution in [0.5, 0.6) is 5.75 Å². The molecule has 0 saturated carbocycles. The summed E-state index contributed by atoms with van der Waals surface area (Å²) in [7, 11) is 1.57. The van der Waals surface area contributed by atoms with Crippen molar-refractivity contribution >= 4 is 10.9 Å². The summed E-state index contributed by atoms with van der Waals surface area (Å²) < 4.78 is 5.18. The Hall–Kier alpha value is -2.08. The number of hydrogen-bond donors (Lipinski definition) is 0. The molecule has 16 heavy (non-hydrogen) atoms. The van der Waals surface area contributed by atoms with Crippen LogP contribution in [0.2, 0.25) is 0 Å². The zero-order valence-electron chi connectivity index (χ0n) is 9.53. The SMILES string of the molecule is COc1ccc2nc(C)cc(C)c2c1C#N. The second-order valence-corrected chi connectivity index (χ2v) is 3.73. The van der Waals surface area contributed by atoms with E-state index in [4.69, 9.17) is 4.74 Å². The first-order valence-corrected chi connectivity index (χ1v) is 5.02. The number of benzene rings is 1. The van der Waals surface area contributed by atoms with Crippen molar-refractivity contribution in [3.8, 4) is 11.8 Å². The first-order valence-electron chi connectivity index (χ1n) is 5.02. The van der Waals surface area contributed by atoms with Crippen molar-refractivity contribution in [3.63, 3.8) is 0 Å². The number of methoxy groups -OCH3 is 1. The average Bonchev–Trinajstić information content (AvgIpc) is 2.27. The van der Waals surface area contributed by atoms with Gasteiger partial charge in [-0.05, 0) is 37.6 Å². The van der Waals surface area contributed by atoms with Gasteiger partial charge in [0.25, 0.3) is 0 Å². The molecule has 2 rings (SSSR count). The molecule has 0 radical (unpaired) electrons. The van der Waals surface area contributed by atoms with Crippen molar-refractivity contribution in [1.82, 2.24) is 4.98 Å². The van der Waals surface area contributed by atoms with Crippen LogP contribution in [0.25, 0.3) is 10.9 Å². The van der Waals surface area contributed by atoms with Crippen molar-refractivity contribution in [2.45, 2.75) is 13.8 Å². The smallest absolute Gasteiger partial charge is 0.137 e. The highest BCUT2D eigenvalue weighted by Gasteiger charge is 2.11. The van der Waals surface area contributed by atoms with Crippen molar-refractivity contribution in [2.24, 2.45) is 0 Å². The molecule has 0 fully saturated rings. The number of ether oxygens (including phenoxy) is 1. The second kappa shape index (κ2) is 3.82. The standard InChI is InChI=1S/C13H12N2O/c1-8-6-9(2)15-11-4-5-12(16-3)10(7-14)13(8)11/h4-6H,1-3H3. The van der Waals surface area contributed by atoms with Gasteiger partial charge in [-0.25, -0.2) is 0 Å². The van der Waals surface area contributed by atoms with E-state index in [-0.39, 0.29) is 0 Å². The van der Waals surface area contributed by atoms with Crippen LogP contribution >= 0.6 is 0 Å². The highest BCUT2D eigenvalue weighted by atomic mass is 16.5. The fourth-order valence-corrected chi connectivity index (χ4v) is 1.95. The van der Waals surface area contributed by atoms with Crippen LogP contribution in [0.15, 0.2) is 18.2 Å². The molecule has 1 aromatic heterocycles. The largest absolute Gasteiger partial charge is 0.495 e. The van der Waals surface area contributed by atoms with Gasteiger partial charge in [0.15, 0.2) is 0 Å². The van der Waals surface area contributed by atoms with E-state index in [9.17, 15) is 5.26 Å². The lowest BCUT2D eigenvalue weighted by molar-refractivity contribution is 0.414. The topological polar surface area (TPSA) is 45.9 Å². The van der Waals surface area contributed by atoms with Gasteiger partial charge in [0.2, 0.25) is 0 Å². The third kappa shape index (κ3) is 1.49. The summed E-state index contributed by atoms with van der Waals surface area (Å²) in [6.07, 6.45) is 0. The van der Waals surface area contributed by atoms with Crippen molar-refractivity contribution in [3.05, 3.63) is 35.0 Å². The molecule has 0 atom stereocenters. The van der Waals surface area contributed by atoms with Gasteiger partial charge in [-0.1, -0.05) is 0 Å². The Balaban J connectivity index is 2.93. The summed E-state index contributed by atoms with van der Waals surface area (Å²) >= 11 is 0. The van der Waals surface area contributed by atoms with Crippen molar-refractivity contribution in [2.75, 3.05) is 7.11 Å². The normalized spacial score (nSPS) is 10.1. The van der Waals surface area contributed by atoms with E-state index in [0.717, 1.165) is 22.2 Å². The molecule has 0 N–H and O–H groups in total. The van der Waals surface area contributed by atoms with E-state index in [2.05, 4.69) is 11.1 Å². The third-order valence-corrected chi connectivity index (χ3v) is 2.59. The monoisotopic (exact) mass is 212 g/mol. The average molecular weight is 212 g/mol. The quantitative estimate of drug-likeness (QED) is 0.730. The van der Waals surface area contributed by atoms with Gasteiger partial charge in [0.1, 0.15) is 17.4 Å². The van der Waals surface area contributed by atoms with Crippen LogP contribution in [0.1, 0.15) is 16.8 Å². The summed E-state index contributed by atoms with van der Waals surface area (Å²) in [4.78, 5) is 4.41. The second-order valence-electron chi connectivity index (χ2n) is 3.73. The molecule has 3 heteroatoms. The molecule has 0 amide bonds. The molecule has 0 aliphatic rings. The molecule has 1 aromatic carbocycles. The molecule has 0 aliphatic heterocycles. The third-order valence-electron chi connectivity index (χ3n) is 2.59. The van der Waals surface area contributed by atoms with E-state index in [0.29, 0.717) is 11.3 Å². The molecule has 0 bridgehead atoms. The van der Waals surface area contributed by atoms with Gasteiger partial charge >= 0.3 is 0 Å². The van der Waals surface area contributed by atoms with Gasteiger partial charge in [0, 0.05) is 11.1 Å². The molecule has 0 aliphatic carbocycles. The maximum absolute atomic E-state index is 9.18. The van der Waals surface area contributed by atoms with Crippen LogP contribution < -0.4 is 4.74 Å². The molecule has 0 saturated heterocycles. The van der Waals surface area contributed by atoms with Crippen LogP contribution in [-0.2, 0) is 0 Å². The minimum Gasteiger partial charge on any atom is -0.495 e. The summed E-state index contributed by atoms with van der Waals surface area (Å²) in [5, 5.41) is 10.1. The number of nitrogens with zero attached hydrogens (tertiary/aromatic N) is 2. The van der Waals surface area contributed by atoms with Gasteiger partial charge < -0.3 is 4.74 Å². The molecule has 0 spiro atoms. The van der Waals surface area contributed by atoms with Crippen LogP contribution in [-0.4, -0.2) is 12.1 Å². The summed E-state index contributed by atoms with van der Waals surface area (Å²) in [6.45, 7) is 3.93. The minimum atomic E-state index is 0.560. The number of aryl methyl sites for hydroxylation is 2. The van der Waals surface area contributed by atoms with Crippen LogP contribution in [0.4, 0.5) is 0 Å². The highest BCUT2D eigenvalue weighted by Crippen LogP contribution is 2.28.